The van der Waals surface area contributed by atoms with Gasteiger partial charge in [-0.25, -0.2) is 0 Å². The van der Waals surface area contributed by atoms with Gasteiger partial charge < -0.3 is 20.1 Å². The Bertz CT molecular complexity index is 1150. The summed E-state index contributed by atoms with van der Waals surface area (Å²) in [6, 6.07) is 20.9. The van der Waals surface area contributed by atoms with Gasteiger partial charge in [0, 0.05) is 23.4 Å². The fourth-order valence-electron chi connectivity index (χ4n) is 2.64. The van der Waals surface area contributed by atoms with Crippen molar-refractivity contribution in [2.75, 3.05) is 18.5 Å². The van der Waals surface area contributed by atoms with E-state index in [4.69, 9.17) is 9.47 Å². The topological polar surface area (TPSA) is 137 Å². The van der Waals surface area contributed by atoms with E-state index in [2.05, 4.69) is 10.6 Å². The van der Waals surface area contributed by atoms with Gasteiger partial charge in [0.05, 0.1) is 4.92 Å². The first kappa shape index (κ1) is 22.9. The zero-order valence-corrected chi connectivity index (χ0v) is 17.2. The molecule has 3 aromatic carbocycles. The van der Waals surface area contributed by atoms with E-state index in [-0.39, 0.29) is 11.3 Å². The predicted octanol–water partition coefficient (Wildman–Crippen LogP) is 3.30. The Morgan fingerprint density at radius 1 is 0.879 bits per heavy atom. The lowest BCUT2D eigenvalue weighted by Gasteiger charge is -2.09. The zero-order chi connectivity index (χ0) is 23.6. The number of nitro groups is 1. The summed E-state index contributed by atoms with van der Waals surface area (Å²) in [6.45, 7) is -1.05. The minimum absolute atomic E-state index is 0.0226. The van der Waals surface area contributed by atoms with Crippen LogP contribution in [-0.4, -0.2) is 35.9 Å². The molecular formula is C23H19N3O7. The first-order valence-corrected chi connectivity index (χ1v) is 9.72. The Morgan fingerprint density at radius 2 is 1.58 bits per heavy atom. The van der Waals surface area contributed by atoms with Crippen LogP contribution in [0.2, 0.25) is 0 Å². The highest BCUT2D eigenvalue weighted by Crippen LogP contribution is 2.22. The van der Waals surface area contributed by atoms with Crippen LogP contribution >= 0.6 is 0 Å². The first-order chi connectivity index (χ1) is 15.9. The van der Waals surface area contributed by atoms with Crippen molar-refractivity contribution in [2.45, 2.75) is 0 Å². The van der Waals surface area contributed by atoms with Gasteiger partial charge in [0.1, 0.15) is 18.0 Å². The summed E-state index contributed by atoms with van der Waals surface area (Å²) in [4.78, 5) is 45.9. The van der Waals surface area contributed by atoms with Crippen molar-refractivity contribution in [3.05, 3.63) is 94.5 Å². The second-order valence-corrected chi connectivity index (χ2v) is 6.64. The number of nitrogens with zero attached hydrogens (tertiary/aromatic N) is 1. The summed E-state index contributed by atoms with van der Waals surface area (Å²) < 4.78 is 10.5. The van der Waals surface area contributed by atoms with Crippen LogP contribution < -0.4 is 15.4 Å². The predicted molar refractivity (Wildman–Crippen MR) is 118 cm³/mol. The van der Waals surface area contributed by atoms with E-state index in [1.54, 1.807) is 24.3 Å². The number of rotatable bonds is 9. The molecule has 0 heterocycles. The fourth-order valence-corrected chi connectivity index (χ4v) is 2.64. The lowest BCUT2D eigenvalue weighted by atomic mass is 10.2. The van der Waals surface area contributed by atoms with Gasteiger partial charge in [-0.05, 0) is 42.5 Å². The summed E-state index contributed by atoms with van der Waals surface area (Å²) >= 11 is 0. The summed E-state index contributed by atoms with van der Waals surface area (Å²) in [5, 5.41) is 15.6. The second-order valence-electron chi connectivity index (χ2n) is 6.64. The third kappa shape index (κ3) is 7.17. The van der Waals surface area contributed by atoms with Crippen LogP contribution in [0, 0.1) is 10.1 Å². The van der Waals surface area contributed by atoms with E-state index in [1.165, 1.54) is 18.2 Å². The van der Waals surface area contributed by atoms with Gasteiger partial charge in [-0.1, -0.05) is 24.3 Å². The molecule has 0 saturated carbocycles. The Hall–Kier alpha value is -4.73. The summed E-state index contributed by atoms with van der Waals surface area (Å²) in [6.07, 6.45) is 0. The number of esters is 1. The molecule has 2 amide bonds. The SMILES string of the molecule is O=C(COC(=O)CNC(=O)c1cccc([N+](=O)[O-])c1)Nc1ccc(Oc2ccccc2)cc1. The maximum Gasteiger partial charge on any atom is 0.325 e. The number of benzene rings is 3. The van der Waals surface area contributed by atoms with Crippen molar-refractivity contribution >= 4 is 29.2 Å². The van der Waals surface area contributed by atoms with E-state index < -0.39 is 35.9 Å². The summed E-state index contributed by atoms with van der Waals surface area (Å²) in [5.74, 6) is -0.817. The number of carbonyl (C=O) groups excluding carboxylic acids is 3. The van der Waals surface area contributed by atoms with Crippen LogP contribution in [-0.2, 0) is 14.3 Å². The number of carbonyl (C=O) groups is 3. The van der Waals surface area contributed by atoms with Crippen molar-refractivity contribution in [1.29, 1.82) is 0 Å². The van der Waals surface area contributed by atoms with E-state index in [1.807, 2.05) is 30.3 Å². The molecule has 10 nitrogen and oxygen atoms in total. The van der Waals surface area contributed by atoms with Gasteiger partial charge in [0.2, 0.25) is 0 Å². The molecule has 0 bridgehead atoms. The standard InChI is InChI=1S/C23H19N3O7/c27-21(25-17-9-11-20(12-10-17)33-19-7-2-1-3-8-19)15-32-22(28)14-24-23(29)16-5-4-6-18(13-16)26(30)31/h1-13H,14-15H2,(H,24,29)(H,25,27). The number of non-ortho nitro benzene ring substituents is 1. The molecule has 0 atom stereocenters. The molecule has 0 spiro atoms. The van der Waals surface area contributed by atoms with Gasteiger partial charge in [0.15, 0.2) is 6.61 Å². The smallest absolute Gasteiger partial charge is 0.325 e. The number of hydrogen-bond donors (Lipinski definition) is 2. The Balaban J connectivity index is 1.40. The monoisotopic (exact) mass is 449 g/mol. The molecule has 0 saturated heterocycles. The number of anilines is 1. The average Bonchev–Trinajstić information content (AvgIpc) is 2.83. The Labute approximate surface area is 188 Å². The van der Waals surface area contributed by atoms with Crippen molar-refractivity contribution in [1.82, 2.24) is 5.32 Å². The average molecular weight is 449 g/mol. The van der Waals surface area contributed by atoms with Gasteiger partial charge in [-0.2, -0.15) is 0 Å². The molecule has 10 heteroatoms. The molecule has 0 aromatic heterocycles. The van der Waals surface area contributed by atoms with Crippen molar-refractivity contribution in [2.24, 2.45) is 0 Å². The Morgan fingerprint density at radius 3 is 2.27 bits per heavy atom. The Kier molecular flexibility index (Phi) is 7.68. The molecule has 0 fully saturated rings. The first-order valence-electron chi connectivity index (χ1n) is 9.72. The molecule has 0 unspecified atom stereocenters. The number of nitro benzene ring substituents is 1. The molecule has 2 N–H and O–H groups in total. The minimum Gasteiger partial charge on any atom is -0.457 e. The molecule has 0 radical (unpaired) electrons. The lowest BCUT2D eigenvalue weighted by molar-refractivity contribution is -0.384. The van der Waals surface area contributed by atoms with E-state index in [9.17, 15) is 24.5 Å². The molecular weight excluding hydrogens is 430 g/mol. The quantitative estimate of drug-likeness (QED) is 0.290. The highest BCUT2D eigenvalue weighted by Gasteiger charge is 2.14. The maximum absolute atomic E-state index is 12.0. The summed E-state index contributed by atoms with van der Waals surface area (Å²) in [7, 11) is 0. The number of hydrogen-bond acceptors (Lipinski definition) is 7. The zero-order valence-electron chi connectivity index (χ0n) is 17.2. The van der Waals surface area contributed by atoms with Crippen LogP contribution in [0.4, 0.5) is 11.4 Å². The van der Waals surface area contributed by atoms with Crippen molar-refractivity contribution in [3.8, 4) is 11.5 Å². The van der Waals surface area contributed by atoms with Crippen LogP contribution in [0.25, 0.3) is 0 Å². The molecule has 3 rings (SSSR count). The summed E-state index contributed by atoms with van der Waals surface area (Å²) in [5.41, 5.74) is 0.256. The van der Waals surface area contributed by atoms with Crippen molar-refractivity contribution in [3.63, 3.8) is 0 Å². The molecule has 3 aromatic rings. The van der Waals surface area contributed by atoms with Gasteiger partial charge in [-0.15, -0.1) is 0 Å². The maximum atomic E-state index is 12.0. The molecule has 33 heavy (non-hydrogen) atoms. The van der Waals surface area contributed by atoms with Gasteiger partial charge in [-0.3, -0.25) is 24.5 Å². The highest BCUT2D eigenvalue weighted by molar-refractivity contribution is 5.97. The molecule has 0 aliphatic carbocycles. The lowest BCUT2D eigenvalue weighted by Crippen LogP contribution is -2.32. The normalized spacial score (nSPS) is 10.1. The van der Waals surface area contributed by atoms with E-state index >= 15 is 0 Å². The van der Waals surface area contributed by atoms with E-state index in [0.29, 0.717) is 17.2 Å². The number of amides is 2. The number of para-hydroxylation sites is 1. The van der Waals surface area contributed by atoms with E-state index in [0.717, 1.165) is 6.07 Å². The fraction of sp³-hybridized carbons (Fsp3) is 0.0870. The van der Waals surface area contributed by atoms with Gasteiger partial charge in [0.25, 0.3) is 17.5 Å². The van der Waals surface area contributed by atoms with Crippen LogP contribution in [0.3, 0.4) is 0 Å². The second kappa shape index (κ2) is 11.0. The van der Waals surface area contributed by atoms with Gasteiger partial charge >= 0.3 is 5.97 Å². The van der Waals surface area contributed by atoms with Crippen LogP contribution in [0.5, 0.6) is 11.5 Å². The molecule has 0 aliphatic rings. The third-order valence-electron chi connectivity index (χ3n) is 4.19. The third-order valence-corrected chi connectivity index (χ3v) is 4.19. The van der Waals surface area contributed by atoms with Crippen LogP contribution in [0.1, 0.15) is 10.4 Å². The largest absolute Gasteiger partial charge is 0.457 e. The number of ether oxygens (including phenoxy) is 2. The van der Waals surface area contributed by atoms with Crippen LogP contribution in [0.15, 0.2) is 78.9 Å². The number of nitrogens with one attached hydrogen (secondary N) is 2. The van der Waals surface area contributed by atoms with Crippen molar-refractivity contribution < 1.29 is 28.8 Å². The highest BCUT2D eigenvalue weighted by atomic mass is 16.6. The molecule has 0 aliphatic heterocycles. The molecule has 168 valence electrons. The minimum atomic E-state index is -0.837.